The van der Waals surface area contributed by atoms with Gasteiger partial charge in [-0.1, -0.05) is 6.07 Å². The van der Waals surface area contributed by atoms with Crippen LogP contribution >= 0.6 is 11.3 Å². The summed E-state index contributed by atoms with van der Waals surface area (Å²) in [6.07, 6.45) is -0.184. The maximum atomic E-state index is 11.9. The number of benzene rings is 1. The molecule has 6 nitrogen and oxygen atoms in total. The molecule has 2 aromatic rings. The zero-order chi connectivity index (χ0) is 14.5. The number of nitrogens with zero attached hydrogens (tertiary/aromatic N) is 2. The molecule has 1 heterocycles. The molecule has 0 unspecified atom stereocenters. The monoisotopic (exact) mass is 287 g/mol. The standard InChI is InChI=1S/C13H9N3O3S/c14-6-8-2-1-3-9(4-8)12(19)16-13-15-10(7-20-13)5-11(17)18/h1-4,7H,5H2,(H,17,18)(H,15,16,19). The summed E-state index contributed by atoms with van der Waals surface area (Å²) in [5, 5.41) is 21.9. The number of aliphatic carboxylic acids is 1. The zero-order valence-electron chi connectivity index (χ0n) is 10.2. The molecule has 0 aliphatic carbocycles. The molecule has 1 amide bonds. The molecule has 0 radical (unpaired) electrons. The molecule has 2 rings (SSSR count). The van der Waals surface area contributed by atoms with Gasteiger partial charge in [-0.25, -0.2) is 4.98 Å². The van der Waals surface area contributed by atoms with E-state index in [4.69, 9.17) is 10.4 Å². The van der Waals surface area contributed by atoms with E-state index >= 15 is 0 Å². The third kappa shape index (κ3) is 3.40. The summed E-state index contributed by atoms with van der Waals surface area (Å²) in [5.74, 6) is -1.37. The van der Waals surface area contributed by atoms with E-state index in [2.05, 4.69) is 10.3 Å². The number of carboxylic acids is 1. The second-order valence-corrected chi connectivity index (χ2v) is 4.72. The van der Waals surface area contributed by atoms with Gasteiger partial charge in [0.05, 0.1) is 23.7 Å². The average Bonchev–Trinajstić information content (AvgIpc) is 2.85. The first-order valence-corrected chi connectivity index (χ1v) is 6.44. The number of hydrogen-bond acceptors (Lipinski definition) is 5. The van der Waals surface area contributed by atoms with Gasteiger partial charge in [-0.05, 0) is 18.2 Å². The molecule has 20 heavy (non-hydrogen) atoms. The second kappa shape index (κ2) is 5.95. The quantitative estimate of drug-likeness (QED) is 0.893. The minimum absolute atomic E-state index is 0.184. The highest BCUT2D eigenvalue weighted by atomic mass is 32.1. The molecule has 0 bridgehead atoms. The van der Waals surface area contributed by atoms with Crippen LogP contribution in [0.4, 0.5) is 5.13 Å². The number of hydrogen-bond donors (Lipinski definition) is 2. The molecule has 0 saturated heterocycles. The predicted molar refractivity (Wildman–Crippen MR) is 72.6 cm³/mol. The maximum absolute atomic E-state index is 11.9. The minimum Gasteiger partial charge on any atom is -0.481 e. The summed E-state index contributed by atoms with van der Waals surface area (Å²) in [4.78, 5) is 26.5. The number of nitriles is 1. The van der Waals surface area contributed by atoms with Crippen molar-refractivity contribution in [3.05, 3.63) is 46.5 Å². The van der Waals surface area contributed by atoms with Gasteiger partial charge in [0.15, 0.2) is 5.13 Å². The van der Waals surface area contributed by atoms with Crippen molar-refractivity contribution in [3.63, 3.8) is 0 Å². The summed E-state index contributed by atoms with van der Waals surface area (Å²) in [6.45, 7) is 0. The Bertz CT molecular complexity index is 703. The van der Waals surface area contributed by atoms with E-state index in [1.54, 1.807) is 23.6 Å². The lowest BCUT2D eigenvalue weighted by atomic mass is 10.1. The molecule has 7 heteroatoms. The highest BCUT2D eigenvalue weighted by Gasteiger charge is 2.11. The van der Waals surface area contributed by atoms with Crippen LogP contribution in [0.25, 0.3) is 0 Å². The second-order valence-electron chi connectivity index (χ2n) is 3.86. The summed E-state index contributed by atoms with van der Waals surface area (Å²) < 4.78 is 0. The largest absolute Gasteiger partial charge is 0.481 e. The fourth-order valence-electron chi connectivity index (χ4n) is 1.50. The molecule has 100 valence electrons. The number of anilines is 1. The Morgan fingerprint density at radius 2 is 2.25 bits per heavy atom. The van der Waals surface area contributed by atoms with E-state index in [9.17, 15) is 9.59 Å². The van der Waals surface area contributed by atoms with E-state index in [1.807, 2.05) is 6.07 Å². The topological polar surface area (TPSA) is 103 Å². The van der Waals surface area contributed by atoms with Crippen molar-refractivity contribution in [1.82, 2.24) is 4.98 Å². The summed E-state index contributed by atoms with van der Waals surface area (Å²) in [5.41, 5.74) is 1.13. The van der Waals surface area contributed by atoms with Gasteiger partial charge in [0, 0.05) is 10.9 Å². The van der Waals surface area contributed by atoms with Gasteiger partial charge in [-0.15, -0.1) is 11.3 Å². The van der Waals surface area contributed by atoms with E-state index < -0.39 is 11.9 Å². The van der Waals surface area contributed by atoms with Gasteiger partial charge in [0.2, 0.25) is 0 Å². The minimum atomic E-state index is -0.977. The zero-order valence-corrected chi connectivity index (χ0v) is 11.0. The van der Waals surface area contributed by atoms with Gasteiger partial charge in [-0.2, -0.15) is 5.26 Å². The molecule has 0 saturated carbocycles. The summed E-state index contributed by atoms with van der Waals surface area (Å²) in [6, 6.07) is 8.23. The van der Waals surface area contributed by atoms with Crippen LogP contribution in [-0.4, -0.2) is 22.0 Å². The number of aromatic nitrogens is 1. The van der Waals surface area contributed by atoms with Crippen molar-refractivity contribution < 1.29 is 14.7 Å². The van der Waals surface area contributed by atoms with Crippen LogP contribution in [0.2, 0.25) is 0 Å². The van der Waals surface area contributed by atoms with Crippen LogP contribution in [0.3, 0.4) is 0 Å². The lowest BCUT2D eigenvalue weighted by Gasteiger charge is -2.01. The lowest BCUT2D eigenvalue weighted by Crippen LogP contribution is -2.12. The molecule has 0 atom stereocenters. The van der Waals surface area contributed by atoms with E-state index in [0.717, 1.165) is 11.3 Å². The number of amides is 1. The molecule has 1 aromatic heterocycles. The Hall–Kier alpha value is -2.72. The van der Waals surface area contributed by atoms with Gasteiger partial charge < -0.3 is 5.11 Å². The Balaban J connectivity index is 2.09. The number of rotatable bonds is 4. The van der Waals surface area contributed by atoms with Crippen LogP contribution in [0.1, 0.15) is 21.6 Å². The van der Waals surface area contributed by atoms with Crippen molar-refractivity contribution in [2.24, 2.45) is 0 Å². The fourth-order valence-corrected chi connectivity index (χ4v) is 2.21. The third-order valence-corrected chi connectivity index (χ3v) is 3.16. The van der Waals surface area contributed by atoms with Crippen molar-refractivity contribution in [2.45, 2.75) is 6.42 Å². The Morgan fingerprint density at radius 1 is 1.45 bits per heavy atom. The number of nitrogens with one attached hydrogen (secondary N) is 1. The first-order chi connectivity index (χ1) is 9.58. The van der Waals surface area contributed by atoms with Crippen LogP contribution in [0.15, 0.2) is 29.6 Å². The van der Waals surface area contributed by atoms with Gasteiger partial charge in [0.1, 0.15) is 0 Å². The average molecular weight is 287 g/mol. The van der Waals surface area contributed by atoms with Crippen molar-refractivity contribution in [3.8, 4) is 6.07 Å². The van der Waals surface area contributed by atoms with Crippen molar-refractivity contribution >= 4 is 28.3 Å². The molecule has 2 N–H and O–H groups in total. The van der Waals surface area contributed by atoms with Crippen LogP contribution in [0.5, 0.6) is 0 Å². The van der Waals surface area contributed by atoms with Crippen molar-refractivity contribution in [2.75, 3.05) is 5.32 Å². The number of thiazole rings is 1. The summed E-state index contributed by atoms with van der Waals surface area (Å²) in [7, 11) is 0. The van der Waals surface area contributed by atoms with Gasteiger partial charge in [-0.3, -0.25) is 14.9 Å². The Kier molecular flexibility index (Phi) is 4.08. The van der Waals surface area contributed by atoms with Crippen LogP contribution < -0.4 is 5.32 Å². The number of carbonyl (C=O) groups is 2. The summed E-state index contributed by atoms with van der Waals surface area (Å²) >= 11 is 1.15. The molecule has 1 aromatic carbocycles. The molecule has 0 fully saturated rings. The van der Waals surface area contributed by atoms with Crippen LogP contribution in [0, 0.1) is 11.3 Å². The molecular formula is C13H9N3O3S. The smallest absolute Gasteiger partial charge is 0.309 e. The number of carboxylic acid groups (broad SMARTS) is 1. The lowest BCUT2D eigenvalue weighted by molar-refractivity contribution is -0.136. The van der Waals surface area contributed by atoms with E-state index in [-0.39, 0.29) is 6.42 Å². The van der Waals surface area contributed by atoms with Gasteiger partial charge >= 0.3 is 5.97 Å². The van der Waals surface area contributed by atoms with Crippen molar-refractivity contribution in [1.29, 1.82) is 5.26 Å². The molecular weight excluding hydrogens is 278 g/mol. The highest BCUT2D eigenvalue weighted by molar-refractivity contribution is 7.14. The first kappa shape index (κ1) is 13.7. The maximum Gasteiger partial charge on any atom is 0.309 e. The van der Waals surface area contributed by atoms with E-state index in [0.29, 0.717) is 22.0 Å². The van der Waals surface area contributed by atoms with Crippen LogP contribution in [-0.2, 0) is 11.2 Å². The highest BCUT2D eigenvalue weighted by Crippen LogP contribution is 2.17. The molecule has 0 aliphatic heterocycles. The molecule has 0 spiro atoms. The fraction of sp³-hybridized carbons (Fsp3) is 0.0769. The Labute approximate surface area is 118 Å². The number of carbonyl (C=O) groups excluding carboxylic acids is 1. The van der Waals surface area contributed by atoms with E-state index in [1.165, 1.54) is 6.07 Å². The predicted octanol–water partition coefficient (Wildman–Crippen LogP) is 1.89. The molecule has 0 aliphatic rings. The third-order valence-electron chi connectivity index (χ3n) is 2.36. The SMILES string of the molecule is N#Cc1cccc(C(=O)Nc2nc(CC(=O)O)cs2)c1. The normalized spacial score (nSPS) is 9.75. The Morgan fingerprint density at radius 3 is 2.95 bits per heavy atom. The first-order valence-electron chi connectivity index (χ1n) is 5.56. The van der Waals surface area contributed by atoms with Gasteiger partial charge in [0.25, 0.3) is 5.91 Å².